The zero-order valence-electron chi connectivity index (χ0n) is 23.2. The number of aryl methyl sites for hydroxylation is 3. The van der Waals surface area contributed by atoms with Gasteiger partial charge in [-0.15, -0.1) is 11.3 Å². The van der Waals surface area contributed by atoms with Crippen LogP contribution >= 0.6 is 23.1 Å². The Labute approximate surface area is 246 Å². The molecule has 0 saturated carbocycles. The van der Waals surface area contributed by atoms with Crippen LogP contribution in [-0.2, 0) is 9.59 Å². The van der Waals surface area contributed by atoms with Gasteiger partial charge >= 0.3 is 0 Å². The second-order valence-corrected chi connectivity index (χ2v) is 12.0. The fourth-order valence-corrected chi connectivity index (χ4v) is 6.56. The molecule has 5 rings (SSSR count). The van der Waals surface area contributed by atoms with Gasteiger partial charge in [0.2, 0.25) is 11.8 Å². The summed E-state index contributed by atoms with van der Waals surface area (Å²) in [5.74, 6) is -0.634. The van der Waals surface area contributed by atoms with E-state index in [9.17, 15) is 14.4 Å². The lowest BCUT2D eigenvalue weighted by molar-refractivity contribution is -0.123. The van der Waals surface area contributed by atoms with E-state index in [1.54, 1.807) is 11.5 Å². The molecule has 0 unspecified atom stereocenters. The second kappa shape index (κ2) is 12.1. The Kier molecular flexibility index (Phi) is 8.37. The topological polar surface area (TPSA) is 93.1 Å². The van der Waals surface area contributed by atoms with Gasteiger partial charge in [-0.25, -0.2) is 4.98 Å². The first-order valence-corrected chi connectivity index (χ1v) is 15.0. The number of nitrogens with zero attached hydrogens (tertiary/aromatic N) is 2. The maximum absolute atomic E-state index is 14.1. The molecule has 9 heteroatoms. The molecule has 0 fully saturated rings. The minimum absolute atomic E-state index is 0.167. The Morgan fingerprint density at radius 1 is 0.927 bits per heavy atom. The van der Waals surface area contributed by atoms with Gasteiger partial charge in [-0.3, -0.25) is 19.0 Å². The monoisotopic (exact) mass is 582 g/mol. The van der Waals surface area contributed by atoms with Crippen molar-refractivity contribution in [3.05, 3.63) is 105 Å². The maximum atomic E-state index is 14.1. The molecule has 2 heterocycles. The fraction of sp³-hybridized carbons (Fsp3) is 0.188. The molecule has 208 valence electrons. The van der Waals surface area contributed by atoms with Crippen molar-refractivity contribution in [2.75, 3.05) is 11.9 Å². The summed E-state index contributed by atoms with van der Waals surface area (Å²) >= 11 is 2.60. The first kappa shape index (κ1) is 28.3. The molecular formula is C32H30N4O3S2. The second-order valence-electron chi connectivity index (χ2n) is 9.81. The molecule has 1 atom stereocenters. The van der Waals surface area contributed by atoms with Crippen LogP contribution in [0.2, 0.25) is 0 Å². The highest BCUT2D eigenvalue weighted by Gasteiger charge is 2.23. The lowest BCUT2D eigenvalue weighted by Crippen LogP contribution is -2.37. The van der Waals surface area contributed by atoms with Gasteiger partial charge in [0.15, 0.2) is 5.16 Å². The van der Waals surface area contributed by atoms with Crippen LogP contribution in [0.5, 0.6) is 0 Å². The summed E-state index contributed by atoms with van der Waals surface area (Å²) in [6.45, 7) is 7.37. The van der Waals surface area contributed by atoms with Crippen molar-refractivity contribution in [2.24, 2.45) is 0 Å². The molecule has 3 aromatic carbocycles. The first-order chi connectivity index (χ1) is 19.7. The average Bonchev–Trinajstić information content (AvgIpc) is 3.39. The highest BCUT2D eigenvalue weighted by Crippen LogP contribution is 2.34. The number of fused-ring (bicyclic) bond motifs is 1. The van der Waals surface area contributed by atoms with Gasteiger partial charge in [0, 0.05) is 16.6 Å². The van der Waals surface area contributed by atoms with E-state index in [2.05, 4.69) is 10.6 Å². The molecule has 7 nitrogen and oxygen atoms in total. The number of thiophene rings is 1. The van der Waals surface area contributed by atoms with Crippen molar-refractivity contribution in [1.29, 1.82) is 0 Å². The quantitative estimate of drug-likeness (QED) is 0.166. The smallest absolute Gasteiger partial charge is 0.268 e. The maximum Gasteiger partial charge on any atom is 0.268 e. The van der Waals surface area contributed by atoms with E-state index in [-0.39, 0.29) is 23.9 Å². The number of amides is 2. The first-order valence-electron chi connectivity index (χ1n) is 13.2. The average molecular weight is 583 g/mol. The standard InChI is InChI=1S/C32H30N4O3S2/c1-19-11-8-9-16-25(19)36-31(39)27-24(23-14-6-5-7-15-23)18-40-30(27)35-32(36)41-22(4)29(38)33-17-26(37)34-28-20(2)12-10-13-21(28)3/h5-16,18,22H,17H2,1-4H3,(H,33,38)(H,34,37)/t22-/m1/s1. The number of thioether (sulfide) groups is 1. The summed E-state index contributed by atoms with van der Waals surface area (Å²) in [6.07, 6.45) is 0. The van der Waals surface area contributed by atoms with Gasteiger partial charge in [-0.1, -0.05) is 78.5 Å². The summed E-state index contributed by atoms with van der Waals surface area (Å²) in [4.78, 5) is 45.3. The van der Waals surface area contributed by atoms with Crippen LogP contribution in [0, 0.1) is 20.8 Å². The third-order valence-corrected chi connectivity index (χ3v) is 8.76. The number of aromatic nitrogens is 2. The minimum atomic E-state index is -0.615. The van der Waals surface area contributed by atoms with E-state index in [4.69, 9.17) is 4.98 Å². The predicted octanol–water partition coefficient (Wildman–Crippen LogP) is 6.27. The Morgan fingerprint density at radius 3 is 2.29 bits per heavy atom. The number of carbonyl (C=O) groups excluding carboxylic acids is 2. The highest BCUT2D eigenvalue weighted by atomic mass is 32.2. The third kappa shape index (κ3) is 5.96. The molecule has 0 aliphatic carbocycles. The lowest BCUT2D eigenvalue weighted by Gasteiger charge is -2.17. The third-order valence-electron chi connectivity index (χ3n) is 6.84. The highest BCUT2D eigenvalue weighted by molar-refractivity contribution is 8.00. The molecular weight excluding hydrogens is 553 g/mol. The molecule has 0 aliphatic rings. The number of anilines is 1. The number of rotatable bonds is 8. The molecule has 0 spiro atoms. The van der Waals surface area contributed by atoms with E-state index >= 15 is 0 Å². The summed E-state index contributed by atoms with van der Waals surface area (Å²) in [5.41, 5.74) is 5.87. The molecule has 2 amide bonds. The normalized spacial score (nSPS) is 11.8. The molecule has 41 heavy (non-hydrogen) atoms. The van der Waals surface area contributed by atoms with Crippen LogP contribution in [0.15, 0.2) is 88.1 Å². The molecule has 5 aromatic rings. The van der Waals surface area contributed by atoms with E-state index in [1.165, 1.54) is 23.1 Å². The van der Waals surface area contributed by atoms with E-state index in [0.29, 0.717) is 21.1 Å². The largest absolute Gasteiger partial charge is 0.346 e. The summed E-state index contributed by atoms with van der Waals surface area (Å²) in [7, 11) is 0. The Balaban J connectivity index is 1.42. The van der Waals surface area contributed by atoms with Crippen molar-refractivity contribution >= 4 is 50.8 Å². The van der Waals surface area contributed by atoms with Crippen LogP contribution in [0.1, 0.15) is 23.6 Å². The van der Waals surface area contributed by atoms with Gasteiger partial charge < -0.3 is 10.6 Å². The van der Waals surface area contributed by atoms with E-state index in [0.717, 1.165) is 33.5 Å². The van der Waals surface area contributed by atoms with Crippen LogP contribution in [0.4, 0.5) is 5.69 Å². The van der Waals surface area contributed by atoms with Crippen molar-refractivity contribution in [3.8, 4) is 16.8 Å². The Bertz CT molecular complexity index is 1790. The van der Waals surface area contributed by atoms with E-state index in [1.807, 2.05) is 98.9 Å². The predicted molar refractivity (Wildman–Crippen MR) is 168 cm³/mol. The number of benzene rings is 3. The van der Waals surface area contributed by atoms with Crippen LogP contribution in [0.3, 0.4) is 0 Å². The van der Waals surface area contributed by atoms with Gasteiger partial charge in [-0.05, 0) is 56.0 Å². The number of para-hydroxylation sites is 2. The number of carbonyl (C=O) groups is 2. The van der Waals surface area contributed by atoms with Crippen LogP contribution in [-0.4, -0.2) is 33.2 Å². The SMILES string of the molecule is Cc1ccccc1-n1c(S[C@H](C)C(=O)NCC(=O)Nc2c(C)cccc2C)nc2scc(-c3ccccc3)c2c1=O. The molecule has 2 aromatic heterocycles. The zero-order chi connectivity index (χ0) is 29.1. The van der Waals surface area contributed by atoms with Crippen molar-refractivity contribution in [1.82, 2.24) is 14.9 Å². The molecule has 0 bridgehead atoms. The van der Waals surface area contributed by atoms with Gasteiger partial charge in [-0.2, -0.15) is 0 Å². The summed E-state index contributed by atoms with van der Waals surface area (Å²) in [5, 5.41) is 7.92. The number of hydrogen-bond acceptors (Lipinski definition) is 6. The molecule has 0 saturated heterocycles. The van der Waals surface area contributed by atoms with Gasteiger partial charge in [0.25, 0.3) is 5.56 Å². The minimum Gasteiger partial charge on any atom is -0.346 e. The van der Waals surface area contributed by atoms with Crippen molar-refractivity contribution < 1.29 is 9.59 Å². The summed E-state index contributed by atoms with van der Waals surface area (Å²) < 4.78 is 1.60. The Hall–Kier alpha value is -4.21. The number of nitrogens with one attached hydrogen (secondary N) is 2. The number of hydrogen-bond donors (Lipinski definition) is 2. The molecule has 0 aliphatic heterocycles. The van der Waals surface area contributed by atoms with Crippen molar-refractivity contribution in [3.63, 3.8) is 0 Å². The lowest BCUT2D eigenvalue weighted by atomic mass is 10.1. The van der Waals surface area contributed by atoms with Crippen LogP contribution in [0.25, 0.3) is 27.0 Å². The van der Waals surface area contributed by atoms with E-state index < -0.39 is 5.25 Å². The van der Waals surface area contributed by atoms with Gasteiger partial charge in [0.05, 0.1) is 22.9 Å². The zero-order valence-corrected chi connectivity index (χ0v) is 24.9. The molecule has 2 N–H and O–H groups in total. The fourth-order valence-electron chi connectivity index (χ4n) is 4.63. The summed E-state index contributed by atoms with van der Waals surface area (Å²) in [6, 6.07) is 23.2. The Morgan fingerprint density at radius 2 is 1.59 bits per heavy atom. The van der Waals surface area contributed by atoms with Crippen LogP contribution < -0.4 is 16.2 Å². The molecule has 0 radical (unpaired) electrons. The van der Waals surface area contributed by atoms with Gasteiger partial charge in [0.1, 0.15) is 4.83 Å². The van der Waals surface area contributed by atoms with Crippen molar-refractivity contribution in [2.45, 2.75) is 38.1 Å².